The molecule has 1 fully saturated rings. The van der Waals surface area contributed by atoms with Crippen molar-refractivity contribution in [1.82, 2.24) is 10.2 Å². The highest BCUT2D eigenvalue weighted by molar-refractivity contribution is 5.78. The number of amides is 2. The van der Waals surface area contributed by atoms with E-state index in [1.807, 2.05) is 35.2 Å². The summed E-state index contributed by atoms with van der Waals surface area (Å²) in [6.45, 7) is 1.80. The molecule has 1 N–H and O–H groups in total. The molecular weight excluding hydrogens is 296 g/mol. The number of carbonyl (C=O) groups is 2. The Kier molecular flexibility index (Phi) is 6.87. The summed E-state index contributed by atoms with van der Waals surface area (Å²) in [6, 6.07) is 9.60. The zero-order chi connectivity index (χ0) is 16.5. The van der Waals surface area contributed by atoms with Gasteiger partial charge in [-0.3, -0.25) is 9.59 Å². The van der Waals surface area contributed by atoms with Crippen LogP contribution in [-0.2, 0) is 14.3 Å². The van der Waals surface area contributed by atoms with Gasteiger partial charge in [0.15, 0.2) is 0 Å². The van der Waals surface area contributed by atoms with Crippen molar-refractivity contribution in [2.24, 2.45) is 0 Å². The minimum Gasteiger partial charge on any atom is -0.493 e. The van der Waals surface area contributed by atoms with Gasteiger partial charge >= 0.3 is 0 Å². The summed E-state index contributed by atoms with van der Waals surface area (Å²) in [7, 11) is 1.50. The van der Waals surface area contributed by atoms with E-state index in [1.54, 1.807) is 0 Å². The van der Waals surface area contributed by atoms with Crippen molar-refractivity contribution < 1.29 is 19.1 Å². The highest BCUT2D eigenvalue weighted by atomic mass is 16.5. The van der Waals surface area contributed by atoms with Crippen LogP contribution in [0.1, 0.15) is 19.3 Å². The number of nitrogens with zero attached hydrogens (tertiary/aromatic N) is 1. The Balaban J connectivity index is 1.64. The van der Waals surface area contributed by atoms with Gasteiger partial charge in [0.2, 0.25) is 11.8 Å². The number of nitrogens with one attached hydrogen (secondary N) is 1. The lowest BCUT2D eigenvalue weighted by molar-refractivity contribution is -0.133. The minimum atomic E-state index is -0.103. The second-order valence-electron chi connectivity index (χ2n) is 5.57. The Morgan fingerprint density at radius 2 is 1.91 bits per heavy atom. The molecule has 126 valence electrons. The lowest BCUT2D eigenvalue weighted by Gasteiger charge is -2.32. The number of hydrogen-bond acceptors (Lipinski definition) is 4. The predicted molar refractivity (Wildman–Crippen MR) is 86.2 cm³/mol. The maximum atomic E-state index is 12.2. The lowest BCUT2D eigenvalue weighted by Crippen LogP contribution is -2.47. The maximum Gasteiger partial charge on any atom is 0.246 e. The Bertz CT molecular complexity index is 499. The SMILES string of the molecule is COCC(=O)NC1CCN(C(=O)CCOc2ccccc2)CC1. The van der Waals surface area contributed by atoms with Gasteiger partial charge in [0.25, 0.3) is 0 Å². The molecule has 0 saturated carbocycles. The van der Waals surface area contributed by atoms with E-state index in [9.17, 15) is 9.59 Å². The van der Waals surface area contributed by atoms with E-state index in [0.717, 1.165) is 18.6 Å². The van der Waals surface area contributed by atoms with Gasteiger partial charge in [-0.1, -0.05) is 18.2 Å². The number of piperidine rings is 1. The Labute approximate surface area is 136 Å². The number of ether oxygens (including phenoxy) is 2. The summed E-state index contributed by atoms with van der Waals surface area (Å²) in [4.78, 5) is 25.5. The molecule has 0 atom stereocenters. The van der Waals surface area contributed by atoms with Gasteiger partial charge in [0.05, 0.1) is 13.0 Å². The number of likely N-dealkylation sites (tertiary alicyclic amines) is 1. The fourth-order valence-electron chi connectivity index (χ4n) is 2.60. The summed E-state index contributed by atoms with van der Waals surface area (Å²) >= 11 is 0. The van der Waals surface area contributed by atoms with Crippen LogP contribution >= 0.6 is 0 Å². The van der Waals surface area contributed by atoms with Crippen LogP contribution in [0.4, 0.5) is 0 Å². The topological polar surface area (TPSA) is 67.9 Å². The second-order valence-corrected chi connectivity index (χ2v) is 5.57. The van der Waals surface area contributed by atoms with E-state index in [4.69, 9.17) is 9.47 Å². The standard InChI is InChI=1S/C17H24N2O4/c1-22-13-16(20)18-14-7-10-19(11-8-14)17(21)9-12-23-15-5-3-2-4-6-15/h2-6,14H,7-13H2,1H3,(H,18,20). The molecule has 0 bridgehead atoms. The minimum absolute atomic E-state index is 0.0793. The van der Waals surface area contributed by atoms with E-state index in [2.05, 4.69) is 5.32 Å². The largest absolute Gasteiger partial charge is 0.493 e. The normalized spacial score (nSPS) is 15.3. The second kappa shape index (κ2) is 9.15. The Hall–Kier alpha value is -2.08. The number of carbonyl (C=O) groups excluding carboxylic acids is 2. The molecule has 1 aliphatic heterocycles. The molecule has 1 heterocycles. The van der Waals surface area contributed by atoms with Crippen LogP contribution in [0.25, 0.3) is 0 Å². The van der Waals surface area contributed by atoms with Gasteiger partial charge < -0.3 is 19.7 Å². The van der Waals surface area contributed by atoms with E-state index < -0.39 is 0 Å². The van der Waals surface area contributed by atoms with Gasteiger partial charge in [-0.15, -0.1) is 0 Å². The Morgan fingerprint density at radius 3 is 2.57 bits per heavy atom. The average Bonchev–Trinajstić information content (AvgIpc) is 2.56. The monoisotopic (exact) mass is 320 g/mol. The molecule has 0 unspecified atom stereocenters. The molecule has 1 aromatic carbocycles. The van der Waals surface area contributed by atoms with Crippen molar-refractivity contribution in [1.29, 1.82) is 0 Å². The smallest absolute Gasteiger partial charge is 0.246 e. The lowest BCUT2D eigenvalue weighted by atomic mass is 10.0. The Morgan fingerprint density at radius 1 is 1.22 bits per heavy atom. The molecule has 6 nitrogen and oxygen atoms in total. The van der Waals surface area contributed by atoms with Gasteiger partial charge in [-0.2, -0.15) is 0 Å². The van der Waals surface area contributed by atoms with Crippen LogP contribution < -0.4 is 10.1 Å². The average molecular weight is 320 g/mol. The molecule has 6 heteroatoms. The molecule has 1 aliphatic rings. The molecular formula is C17H24N2O4. The van der Waals surface area contributed by atoms with E-state index >= 15 is 0 Å². The highest BCUT2D eigenvalue weighted by Crippen LogP contribution is 2.13. The zero-order valence-corrected chi connectivity index (χ0v) is 13.5. The van der Waals surface area contributed by atoms with Gasteiger partial charge in [-0.25, -0.2) is 0 Å². The number of hydrogen-bond donors (Lipinski definition) is 1. The van der Waals surface area contributed by atoms with Crippen molar-refractivity contribution in [3.8, 4) is 5.75 Å². The molecule has 2 amide bonds. The van der Waals surface area contributed by atoms with Crippen LogP contribution in [0, 0.1) is 0 Å². The zero-order valence-electron chi connectivity index (χ0n) is 13.5. The first-order valence-electron chi connectivity index (χ1n) is 7.93. The number of methoxy groups -OCH3 is 1. The third-order valence-corrected chi connectivity index (χ3v) is 3.82. The quantitative estimate of drug-likeness (QED) is 0.820. The third-order valence-electron chi connectivity index (χ3n) is 3.82. The molecule has 0 radical (unpaired) electrons. The van der Waals surface area contributed by atoms with Gasteiger partial charge in [0.1, 0.15) is 12.4 Å². The van der Waals surface area contributed by atoms with E-state index in [0.29, 0.717) is 26.1 Å². The van der Waals surface area contributed by atoms with Crippen LogP contribution in [-0.4, -0.2) is 56.2 Å². The summed E-state index contributed by atoms with van der Waals surface area (Å²) in [5.74, 6) is 0.774. The number of benzene rings is 1. The van der Waals surface area contributed by atoms with Crippen LogP contribution in [0.5, 0.6) is 5.75 Å². The van der Waals surface area contributed by atoms with Crippen molar-refractivity contribution >= 4 is 11.8 Å². The van der Waals surface area contributed by atoms with Crippen molar-refractivity contribution in [2.45, 2.75) is 25.3 Å². The summed E-state index contributed by atoms with van der Waals surface area (Å²) < 4.78 is 10.3. The van der Waals surface area contributed by atoms with Crippen LogP contribution in [0.2, 0.25) is 0 Å². The molecule has 0 aromatic heterocycles. The molecule has 1 aromatic rings. The summed E-state index contributed by atoms with van der Waals surface area (Å²) in [6.07, 6.45) is 1.93. The summed E-state index contributed by atoms with van der Waals surface area (Å²) in [5.41, 5.74) is 0. The third kappa shape index (κ3) is 5.90. The first-order valence-corrected chi connectivity index (χ1v) is 7.93. The number of para-hydroxylation sites is 1. The highest BCUT2D eigenvalue weighted by Gasteiger charge is 2.23. The first-order chi connectivity index (χ1) is 11.2. The number of rotatable bonds is 7. The fourth-order valence-corrected chi connectivity index (χ4v) is 2.60. The predicted octanol–water partition coefficient (Wildman–Crippen LogP) is 1.21. The van der Waals surface area contributed by atoms with Crippen LogP contribution in [0.3, 0.4) is 0 Å². The van der Waals surface area contributed by atoms with Crippen molar-refractivity contribution in [3.05, 3.63) is 30.3 Å². The van der Waals surface area contributed by atoms with Gasteiger partial charge in [-0.05, 0) is 25.0 Å². The van der Waals surface area contributed by atoms with Crippen LogP contribution in [0.15, 0.2) is 30.3 Å². The van der Waals surface area contributed by atoms with E-state index in [-0.39, 0.29) is 24.5 Å². The molecule has 1 saturated heterocycles. The molecule has 23 heavy (non-hydrogen) atoms. The van der Waals surface area contributed by atoms with E-state index in [1.165, 1.54) is 7.11 Å². The van der Waals surface area contributed by atoms with Crippen molar-refractivity contribution in [3.63, 3.8) is 0 Å². The molecule has 2 rings (SSSR count). The molecule has 0 spiro atoms. The fraction of sp³-hybridized carbons (Fsp3) is 0.529. The van der Waals surface area contributed by atoms with Gasteiger partial charge in [0, 0.05) is 26.2 Å². The van der Waals surface area contributed by atoms with Crippen molar-refractivity contribution in [2.75, 3.05) is 33.4 Å². The molecule has 0 aliphatic carbocycles. The summed E-state index contributed by atoms with van der Waals surface area (Å²) in [5, 5.41) is 2.92. The maximum absolute atomic E-state index is 12.2. The first kappa shape index (κ1) is 17.3.